The summed E-state index contributed by atoms with van der Waals surface area (Å²) < 4.78 is 47.6. The summed E-state index contributed by atoms with van der Waals surface area (Å²) in [4.78, 5) is 20.0. The highest BCUT2D eigenvalue weighted by molar-refractivity contribution is 6.02. The molecular formula is C19H16F3N5O2. The van der Waals surface area contributed by atoms with Crippen LogP contribution in [0.1, 0.15) is 34.5 Å². The van der Waals surface area contributed by atoms with Crippen molar-refractivity contribution in [1.29, 1.82) is 5.26 Å². The number of hydrogen-bond acceptors (Lipinski definition) is 6. The average molecular weight is 403 g/mol. The minimum Gasteiger partial charge on any atom is -0.465 e. The molecule has 0 aliphatic carbocycles. The third-order valence-corrected chi connectivity index (χ3v) is 4.44. The van der Waals surface area contributed by atoms with E-state index >= 15 is 0 Å². The van der Waals surface area contributed by atoms with Crippen LogP contribution in [0.5, 0.6) is 0 Å². The Bertz CT molecular complexity index is 988. The molecule has 1 amide bonds. The second kappa shape index (κ2) is 8.18. The molecule has 3 rings (SSSR count). The Balaban J connectivity index is 1.95. The van der Waals surface area contributed by atoms with Gasteiger partial charge < -0.3 is 15.8 Å². The number of ether oxygens (including phenoxy) is 1. The number of alkyl halides is 2. The first-order valence-electron chi connectivity index (χ1n) is 8.59. The van der Waals surface area contributed by atoms with Crippen molar-refractivity contribution in [1.82, 2.24) is 4.98 Å². The van der Waals surface area contributed by atoms with E-state index in [1.807, 2.05) is 6.07 Å². The number of nitrogens with two attached hydrogens (primary N) is 1. The number of amidine groups is 1. The molecule has 1 aliphatic rings. The molecule has 0 saturated carbocycles. The standard InChI is InChI=1S/C19H16F3N5O2/c20-14-4-3-12(26-16(28)15-5-2-11(9-23)10-25-15)8-13(14)19(17(21)22)6-1-7-29-18(24)27-19/h2-5,8,10,17H,1,6-7H2,(H2,24,27)(H,26,28). The zero-order chi connectivity index (χ0) is 21.0. The Morgan fingerprint density at radius 2 is 2.14 bits per heavy atom. The van der Waals surface area contributed by atoms with E-state index < -0.39 is 35.3 Å². The summed E-state index contributed by atoms with van der Waals surface area (Å²) in [7, 11) is 0. The van der Waals surface area contributed by atoms with E-state index in [0.717, 1.165) is 12.1 Å². The van der Waals surface area contributed by atoms with Crippen molar-refractivity contribution in [3.05, 3.63) is 59.2 Å². The van der Waals surface area contributed by atoms with Gasteiger partial charge in [0.2, 0.25) is 0 Å². The number of benzene rings is 1. The summed E-state index contributed by atoms with van der Waals surface area (Å²) in [5.41, 5.74) is 3.26. The third-order valence-electron chi connectivity index (χ3n) is 4.44. The molecule has 1 aliphatic heterocycles. The number of nitriles is 1. The van der Waals surface area contributed by atoms with Crippen molar-refractivity contribution in [3.63, 3.8) is 0 Å². The van der Waals surface area contributed by atoms with Gasteiger partial charge in [-0.05, 0) is 43.2 Å². The van der Waals surface area contributed by atoms with Crippen molar-refractivity contribution in [2.45, 2.75) is 24.8 Å². The molecule has 3 N–H and O–H groups in total. The van der Waals surface area contributed by atoms with E-state index in [9.17, 15) is 18.0 Å². The van der Waals surface area contributed by atoms with Crippen LogP contribution in [0.4, 0.5) is 18.9 Å². The summed E-state index contributed by atoms with van der Waals surface area (Å²) in [5.74, 6) is -1.55. The van der Waals surface area contributed by atoms with E-state index in [4.69, 9.17) is 15.7 Å². The fourth-order valence-electron chi connectivity index (χ4n) is 3.00. The molecule has 2 heterocycles. The number of halogens is 3. The number of anilines is 1. The zero-order valence-electron chi connectivity index (χ0n) is 15.0. The molecule has 2 aromatic rings. The Labute approximate surface area is 164 Å². The minimum absolute atomic E-state index is 0.00331. The Morgan fingerprint density at radius 1 is 1.34 bits per heavy atom. The molecular weight excluding hydrogens is 387 g/mol. The van der Waals surface area contributed by atoms with Gasteiger partial charge in [0, 0.05) is 17.4 Å². The predicted molar refractivity (Wildman–Crippen MR) is 97.8 cm³/mol. The van der Waals surface area contributed by atoms with Crippen molar-refractivity contribution in [2.75, 3.05) is 11.9 Å². The van der Waals surface area contributed by atoms with Gasteiger partial charge in [0.1, 0.15) is 17.6 Å². The summed E-state index contributed by atoms with van der Waals surface area (Å²) in [5, 5.41) is 11.3. The maximum atomic E-state index is 14.5. The molecule has 29 heavy (non-hydrogen) atoms. The normalized spacial score (nSPS) is 18.9. The number of carbonyl (C=O) groups excluding carboxylic acids is 1. The van der Waals surface area contributed by atoms with Crippen LogP contribution in [-0.4, -0.2) is 29.9 Å². The molecule has 0 saturated heterocycles. The van der Waals surface area contributed by atoms with Crippen molar-refractivity contribution in [3.8, 4) is 6.07 Å². The van der Waals surface area contributed by atoms with Gasteiger partial charge in [-0.1, -0.05) is 0 Å². The van der Waals surface area contributed by atoms with Crippen LogP contribution in [0.15, 0.2) is 41.5 Å². The number of nitrogens with zero attached hydrogens (tertiary/aromatic N) is 3. The third kappa shape index (κ3) is 4.13. The predicted octanol–water partition coefficient (Wildman–Crippen LogP) is 2.93. The van der Waals surface area contributed by atoms with Crippen molar-refractivity contribution < 1.29 is 22.7 Å². The maximum absolute atomic E-state index is 14.5. The highest BCUT2D eigenvalue weighted by Crippen LogP contribution is 2.41. The number of hydrogen-bond donors (Lipinski definition) is 2. The van der Waals surface area contributed by atoms with Gasteiger partial charge in [0.25, 0.3) is 18.4 Å². The van der Waals surface area contributed by atoms with Gasteiger partial charge in [-0.3, -0.25) is 4.79 Å². The summed E-state index contributed by atoms with van der Waals surface area (Å²) >= 11 is 0. The topological polar surface area (TPSA) is 113 Å². The number of pyridine rings is 1. The second-order valence-corrected chi connectivity index (χ2v) is 6.32. The smallest absolute Gasteiger partial charge is 0.283 e. The Hall–Kier alpha value is -3.61. The van der Waals surface area contributed by atoms with Gasteiger partial charge in [-0.15, -0.1) is 0 Å². The molecule has 1 aromatic carbocycles. The van der Waals surface area contributed by atoms with Crippen LogP contribution in [0.25, 0.3) is 0 Å². The lowest BCUT2D eigenvalue weighted by molar-refractivity contribution is 0.0460. The first kappa shape index (κ1) is 20.1. The molecule has 150 valence electrons. The average Bonchev–Trinajstić information content (AvgIpc) is 2.91. The van der Waals surface area contributed by atoms with Crippen LogP contribution < -0.4 is 11.1 Å². The van der Waals surface area contributed by atoms with E-state index in [0.29, 0.717) is 0 Å². The Kier molecular flexibility index (Phi) is 5.68. The van der Waals surface area contributed by atoms with E-state index in [1.165, 1.54) is 24.4 Å². The molecule has 1 unspecified atom stereocenters. The quantitative estimate of drug-likeness (QED) is 0.815. The minimum atomic E-state index is -3.05. The van der Waals surface area contributed by atoms with Gasteiger partial charge in [0.05, 0.1) is 12.2 Å². The van der Waals surface area contributed by atoms with E-state index in [2.05, 4.69) is 15.3 Å². The number of aromatic nitrogens is 1. The zero-order valence-corrected chi connectivity index (χ0v) is 15.0. The Morgan fingerprint density at radius 3 is 2.79 bits per heavy atom. The molecule has 1 atom stereocenters. The monoisotopic (exact) mass is 403 g/mol. The van der Waals surface area contributed by atoms with Gasteiger partial charge in [0.15, 0.2) is 5.54 Å². The fourth-order valence-corrected chi connectivity index (χ4v) is 3.00. The lowest BCUT2D eigenvalue weighted by Gasteiger charge is -2.29. The number of nitrogens with one attached hydrogen (secondary N) is 1. The number of rotatable bonds is 4. The first-order chi connectivity index (χ1) is 13.9. The fraction of sp³-hybridized carbons (Fsp3) is 0.263. The van der Waals surface area contributed by atoms with Crippen molar-refractivity contribution in [2.24, 2.45) is 10.7 Å². The van der Waals surface area contributed by atoms with Crippen LogP contribution in [-0.2, 0) is 10.3 Å². The first-order valence-corrected chi connectivity index (χ1v) is 8.59. The van der Waals surface area contributed by atoms with Crippen LogP contribution in [0, 0.1) is 17.1 Å². The maximum Gasteiger partial charge on any atom is 0.283 e. The van der Waals surface area contributed by atoms with E-state index in [1.54, 1.807) is 0 Å². The lowest BCUT2D eigenvalue weighted by Crippen LogP contribution is -2.35. The number of aliphatic imine (C=N–C) groups is 1. The molecule has 0 radical (unpaired) electrons. The summed E-state index contributed by atoms with van der Waals surface area (Å²) in [6, 6.07) is 7.49. The number of carbonyl (C=O) groups is 1. The molecule has 0 bridgehead atoms. The molecule has 7 nitrogen and oxygen atoms in total. The number of amides is 1. The van der Waals surface area contributed by atoms with Gasteiger partial charge >= 0.3 is 0 Å². The molecule has 10 heteroatoms. The highest BCUT2D eigenvalue weighted by Gasteiger charge is 2.45. The van der Waals surface area contributed by atoms with Crippen LogP contribution >= 0.6 is 0 Å². The summed E-state index contributed by atoms with van der Waals surface area (Å²) in [6.07, 6.45) is -1.82. The lowest BCUT2D eigenvalue weighted by atomic mass is 9.85. The van der Waals surface area contributed by atoms with Crippen LogP contribution in [0.2, 0.25) is 0 Å². The highest BCUT2D eigenvalue weighted by atomic mass is 19.3. The second-order valence-electron chi connectivity index (χ2n) is 6.32. The van der Waals surface area contributed by atoms with Crippen molar-refractivity contribution >= 4 is 17.6 Å². The molecule has 1 aromatic heterocycles. The molecule has 0 fully saturated rings. The largest absolute Gasteiger partial charge is 0.465 e. The van der Waals surface area contributed by atoms with E-state index in [-0.39, 0.29) is 36.4 Å². The summed E-state index contributed by atoms with van der Waals surface area (Å²) in [6.45, 7) is 0.0895. The molecule has 0 spiro atoms. The van der Waals surface area contributed by atoms with Gasteiger partial charge in [-0.2, -0.15) is 5.26 Å². The SMILES string of the molecule is N#Cc1ccc(C(=O)Nc2ccc(F)c(C3(C(F)F)CCCOC(N)=N3)c2)nc1. The van der Waals surface area contributed by atoms with Crippen LogP contribution in [0.3, 0.4) is 0 Å². The van der Waals surface area contributed by atoms with Gasteiger partial charge in [-0.25, -0.2) is 23.1 Å².